The van der Waals surface area contributed by atoms with E-state index in [4.69, 9.17) is 0 Å². The Kier molecular flexibility index (Phi) is 4.12. The molecule has 0 spiro atoms. The van der Waals surface area contributed by atoms with Crippen molar-refractivity contribution in [1.29, 1.82) is 0 Å². The quantitative estimate of drug-likeness (QED) is 0.918. The first kappa shape index (κ1) is 14.6. The van der Waals surface area contributed by atoms with Gasteiger partial charge in [0.1, 0.15) is 12.6 Å². The van der Waals surface area contributed by atoms with Crippen molar-refractivity contribution < 1.29 is 9.59 Å². The summed E-state index contributed by atoms with van der Waals surface area (Å²) in [4.78, 5) is 26.0. The average molecular weight is 274 g/mol. The molecular weight excluding hydrogens is 252 g/mol. The fourth-order valence-corrected chi connectivity index (χ4v) is 2.65. The van der Waals surface area contributed by atoms with E-state index in [1.54, 1.807) is 4.90 Å². The highest BCUT2D eigenvalue weighted by molar-refractivity contribution is 6.06. The summed E-state index contributed by atoms with van der Waals surface area (Å²) in [7, 11) is 0. The standard InChI is InChI=1S/C16H22N2O2/c1-10(2)7-13-16(20)18(9-15(19)17-13)14-6-5-11(3)8-12(14)4/h5-6,8,10,13H,7,9H2,1-4H3,(H,17,19). The van der Waals surface area contributed by atoms with Crippen molar-refractivity contribution in [3.8, 4) is 0 Å². The van der Waals surface area contributed by atoms with Gasteiger partial charge < -0.3 is 10.2 Å². The molecule has 20 heavy (non-hydrogen) atoms. The van der Waals surface area contributed by atoms with Crippen LogP contribution in [0, 0.1) is 19.8 Å². The smallest absolute Gasteiger partial charge is 0.250 e. The summed E-state index contributed by atoms with van der Waals surface area (Å²) >= 11 is 0. The summed E-state index contributed by atoms with van der Waals surface area (Å²) in [6, 6.07) is 5.52. The van der Waals surface area contributed by atoms with Gasteiger partial charge in [-0.05, 0) is 37.8 Å². The summed E-state index contributed by atoms with van der Waals surface area (Å²) in [6.07, 6.45) is 0.673. The zero-order valence-corrected chi connectivity index (χ0v) is 12.6. The first-order valence-corrected chi connectivity index (χ1v) is 7.06. The minimum Gasteiger partial charge on any atom is -0.343 e. The number of benzene rings is 1. The molecule has 1 unspecified atom stereocenters. The third-order valence-electron chi connectivity index (χ3n) is 3.55. The number of rotatable bonds is 3. The molecule has 0 saturated carbocycles. The highest BCUT2D eigenvalue weighted by Gasteiger charge is 2.34. The molecule has 1 saturated heterocycles. The van der Waals surface area contributed by atoms with E-state index >= 15 is 0 Å². The number of anilines is 1. The van der Waals surface area contributed by atoms with Crippen molar-refractivity contribution in [2.75, 3.05) is 11.4 Å². The van der Waals surface area contributed by atoms with Crippen LogP contribution in [0.4, 0.5) is 5.69 Å². The Morgan fingerprint density at radius 1 is 1.30 bits per heavy atom. The molecule has 2 rings (SSSR count). The van der Waals surface area contributed by atoms with Crippen molar-refractivity contribution in [3.63, 3.8) is 0 Å². The van der Waals surface area contributed by atoms with Crippen molar-refractivity contribution in [2.45, 2.75) is 40.2 Å². The molecule has 2 amide bonds. The van der Waals surface area contributed by atoms with Gasteiger partial charge in [-0.2, -0.15) is 0 Å². The van der Waals surface area contributed by atoms with E-state index < -0.39 is 6.04 Å². The molecule has 0 bridgehead atoms. The lowest BCUT2D eigenvalue weighted by Gasteiger charge is -2.34. The molecule has 0 radical (unpaired) electrons. The van der Waals surface area contributed by atoms with E-state index in [0.29, 0.717) is 12.3 Å². The lowest BCUT2D eigenvalue weighted by Crippen LogP contribution is -2.58. The number of amides is 2. The number of hydrogen-bond acceptors (Lipinski definition) is 2. The first-order chi connectivity index (χ1) is 9.38. The van der Waals surface area contributed by atoms with E-state index in [0.717, 1.165) is 16.8 Å². The maximum atomic E-state index is 12.6. The van der Waals surface area contributed by atoms with Crippen LogP contribution in [0.2, 0.25) is 0 Å². The molecular formula is C16H22N2O2. The van der Waals surface area contributed by atoms with Crippen LogP contribution in [-0.4, -0.2) is 24.4 Å². The van der Waals surface area contributed by atoms with Crippen molar-refractivity contribution in [1.82, 2.24) is 5.32 Å². The molecule has 4 nitrogen and oxygen atoms in total. The molecule has 1 aliphatic heterocycles. The van der Waals surface area contributed by atoms with Crippen molar-refractivity contribution in [2.24, 2.45) is 5.92 Å². The highest BCUT2D eigenvalue weighted by Crippen LogP contribution is 2.24. The van der Waals surface area contributed by atoms with Gasteiger partial charge in [-0.25, -0.2) is 0 Å². The van der Waals surface area contributed by atoms with Gasteiger partial charge in [0.2, 0.25) is 11.8 Å². The molecule has 108 valence electrons. The van der Waals surface area contributed by atoms with Crippen molar-refractivity contribution >= 4 is 17.5 Å². The van der Waals surface area contributed by atoms with E-state index in [9.17, 15) is 9.59 Å². The van der Waals surface area contributed by atoms with E-state index in [-0.39, 0.29) is 18.4 Å². The Balaban J connectivity index is 2.30. The van der Waals surface area contributed by atoms with Gasteiger partial charge in [0.05, 0.1) is 0 Å². The Bertz CT molecular complexity index is 537. The maximum Gasteiger partial charge on any atom is 0.250 e. The number of piperazine rings is 1. The summed E-state index contributed by atoms with van der Waals surface area (Å²) in [5, 5.41) is 2.80. The Morgan fingerprint density at radius 2 is 2.00 bits per heavy atom. The van der Waals surface area contributed by atoms with Crippen LogP contribution in [0.3, 0.4) is 0 Å². The minimum atomic E-state index is -0.406. The fraction of sp³-hybridized carbons (Fsp3) is 0.500. The molecule has 1 fully saturated rings. The van der Waals surface area contributed by atoms with Crippen LogP contribution in [-0.2, 0) is 9.59 Å². The van der Waals surface area contributed by atoms with Crippen LogP contribution in [0.25, 0.3) is 0 Å². The van der Waals surface area contributed by atoms with Crippen LogP contribution in [0.1, 0.15) is 31.4 Å². The number of carbonyl (C=O) groups excluding carboxylic acids is 2. The second-order valence-electron chi connectivity index (χ2n) is 5.96. The normalized spacial score (nSPS) is 19.4. The first-order valence-electron chi connectivity index (χ1n) is 7.06. The SMILES string of the molecule is Cc1ccc(N2CC(=O)NC(CC(C)C)C2=O)c(C)c1. The number of nitrogens with one attached hydrogen (secondary N) is 1. The van der Waals surface area contributed by atoms with Crippen molar-refractivity contribution in [3.05, 3.63) is 29.3 Å². The maximum absolute atomic E-state index is 12.6. The monoisotopic (exact) mass is 274 g/mol. The lowest BCUT2D eigenvalue weighted by atomic mass is 10.00. The lowest BCUT2D eigenvalue weighted by molar-refractivity contribution is -0.131. The Morgan fingerprint density at radius 3 is 2.60 bits per heavy atom. The van der Waals surface area contributed by atoms with E-state index in [2.05, 4.69) is 19.2 Å². The number of hydrogen-bond donors (Lipinski definition) is 1. The molecule has 1 heterocycles. The summed E-state index contributed by atoms with van der Waals surface area (Å²) < 4.78 is 0. The van der Waals surface area contributed by atoms with Gasteiger partial charge in [0.25, 0.3) is 0 Å². The summed E-state index contributed by atoms with van der Waals surface area (Å²) in [5.41, 5.74) is 3.01. The molecule has 0 aliphatic carbocycles. The van der Waals surface area contributed by atoms with Gasteiger partial charge in [0, 0.05) is 5.69 Å². The van der Waals surface area contributed by atoms with Gasteiger partial charge in [-0.1, -0.05) is 31.5 Å². The van der Waals surface area contributed by atoms with E-state index in [1.807, 2.05) is 32.0 Å². The largest absolute Gasteiger partial charge is 0.343 e. The molecule has 4 heteroatoms. The third-order valence-corrected chi connectivity index (χ3v) is 3.55. The summed E-state index contributed by atoms with van der Waals surface area (Å²) in [5.74, 6) is 0.267. The molecule has 1 N–H and O–H groups in total. The second kappa shape index (κ2) is 5.65. The van der Waals surface area contributed by atoms with Gasteiger partial charge in [-0.15, -0.1) is 0 Å². The average Bonchev–Trinajstić information content (AvgIpc) is 2.33. The fourth-order valence-electron chi connectivity index (χ4n) is 2.65. The molecule has 1 aromatic carbocycles. The molecule has 0 aromatic heterocycles. The van der Waals surface area contributed by atoms with Crippen LogP contribution < -0.4 is 10.2 Å². The van der Waals surface area contributed by atoms with Gasteiger partial charge >= 0.3 is 0 Å². The molecule has 1 aromatic rings. The van der Waals surface area contributed by atoms with Crippen LogP contribution >= 0.6 is 0 Å². The second-order valence-corrected chi connectivity index (χ2v) is 5.96. The van der Waals surface area contributed by atoms with Gasteiger partial charge in [-0.3, -0.25) is 9.59 Å². The van der Waals surface area contributed by atoms with Gasteiger partial charge in [0.15, 0.2) is 0 Å². The Labute approximate surface area is 120 Å². The number of aryl methyl sites for hydroxylation is 2. The topological polar surface area (TPSA) is 49.4 Å². The predicted molar refractivity (Wildman–Crippen MR) is 79.7 cm³/mol. The number of nitrogens with zero attached hydrogens (tertiary/aromatic N) is 1. The summed E-state index contributed by atoms with van der Waals surface area (Å²) in [6.45, 7) is 8.20. The molecule has 1 aliphatic rings. The highest BCUT2D eigenvalue weighted by atomic mass is 16.2. The predicted octanol–water partition coefficient (Wildman–Crippen LogP) is 2.18. The Hall–Kier alpha value is -1.84. The minimum absolute atomic E-state index is 0.00902. The zero-order valence-electron chi connectivity index (χ0n) is 12.6. The zero-order chi connectivity index (χ0) is 14.9. The number of carbonyl (C=O) groups is 2. The third kappa shape index (κ3) is 3.00. The van der Waals surface area contributed by atoms with Crippen LogP contribution in [0.5, 0.6) is 0 Å². The van der Waals surface area contributed by atoms with E-state index in [1.165, 1.54) is 0 Å². The molecule has 1 atom stereocenters. The van der Waals surface area contributed by atoms with Crippen LogP contribution in [0.15, 0.2) is 18.2 Å².